The van der Waals surface area contributed by atoms with Crippen LogP contribution in [-0.4, -0.2) is 24.9 Å². The number of hydrogen-bond acceptors (Lipinski definition) is 2. The lowest BCUT2D eigenvalue weighted by molar-refractivity contribution is -0.126. The van der Waals surface area contributed by atoms with Crippen molar-refractivity contribution in [2.24, 2.45) is 11.8 Å². The molecule has 4 heteroatoms. The Labute approximate surface area is 111 Å². The van der Waals surface area contributed by atoms with E-state index in [9.17, 15) is 9.59 Å². The molecule has 0 heterocycles. The van der Waals surface area contributed by atoms with Gasteiger partial charge in [0.05, 0.1) is 0 Å². The van der Waals surface area contributed by atoms with E-state index in [4.69, 9.17) is 0 Å². The monoisotopic (exact) mass is 256 g/mol. The molecule has 0 bridgehead atoms. The summed E-state index contributed by atoms with van der Waals surface area (Å²) in [6, 6.07) is 0. The fourth-order valence-corrected chi connectivity index (χ4v) is 1.69. The predicted molar refractivity (Wildman–Crippen MR) is 74.2 cm³/mol. The molecule has 0 aromatic carbocycles. The van der Waals surface area contributed by atoms with E-state index in [0.29, 0.717) is 13.1 Å². The first-order valence-electron chi connectivity index (χ1n) is 7.08. The highest BCUT2D eigenvalue weighted by atomic mass is 16.2. The van der Waals surface area contributed by atoms with Crippen LogP contribution in [0.3, 0.4) is 0 Å². The van der Waals surface area contributed by atoms with Crippen LogP contribution in [0, 0.1) is 11.8 Å². The molecule has 2 N–H and O–H groups in total. The Bertz CT molecular complexity index is 252. The van der Waals surface area contributed by atoms with Crippen LogP contribution in [-0.2, 0) is 9.59 Å². The van der Waals surface area contributed by atoms with Gasteiger partial charge in [-0.2, -0.15) is 0 Å². The summed E-state index contributed by atoms with van der Waals surface area (Å²) in [5, 5.41) is 5.67. The van der Waals surface area contributed by atoms with Gasteiger partial charge in [0.25, 0.3) is 0 Å². The molecule has 106 valence electrons. The van der Waals surface area contributed by atoms with Crippen LogP contribution in [0.1, 0.15) is 53.4 Å². The number of rotatable bonds is 9. The van der Waals surface area contributed by atoms with Gasteiger partial charge >= 0.3 is 0 Å². The van der Waals surface area contributed by atoms with Crippen molar-refractivity contribution in [2.45, 2.75) is 53.4 Å². The Balaban J connectivity index is 3.77. The number of nitrogens with one attached hydrogen (secondary N) is 2. The molecule has 0 fully saturated rings. The van der Waals surface area contributed by atoms with E-state index < -0.39 is 0 Å². The van der Waals surface area contributed by atoms with E-state index in [1.165, 1.54) is 0 Å². The van der Waals surface area contributed by atoms with Gasteiger partial charge in [-0.15, -0.1) is 0 Å². The van der Waals surface area contributed by atoms with Gasteiger partial charge in [-0.25, -0.2) is 0 Å². The van der Waals surface area contributed by atoms with E-state index in [2.05, 4.69) is 17.6 Å². The second-order valence-electron chi connectivity index (χ2n) is 4.98. The van der Waals surface area contributed by atoms with Crippen LogP contribution < -0.4 is 10.6 Å². The molecule has 1 unspecified atom stereocenters. The third-order valence-electron chi connectivity index (χ3n) is 3.02. The number of carbonyl (C=O) groups is 2. The van der Waals surface area contributed by atoms with Gasteiger partial charge in [0.15, 0.2) is 0 Å². The first-order chi connectivity index (χ1) is 8.52. The SMILES string of the molecule is CCCCC(CC)C(=O)NCCNC(=O)C(C)C. The lowest BCUT2D eigenvalue weighted by Crippen LogP contribution is -2.38. The second kappa shape index (κ2) is 9.92. The Morgan fingerprint density at radius 2 is 1.56 bits per heavy atom. The molecule has 18 heavy (non-hydrogen) atoms. The van der Waals surface area contributed by atoms with E-state index >= 15 is 0 Å². The van der Waals surface area contributed by atoms with Gasteiger partial charge in [-0.05, 0) is 12.8 Å². The van der Waals surface area contributed by atoms with Crippen molar-refractivity contribution >= 4 is 11.8 Å². The smallest absolute Gasteiger partial charge is 0.223 e. The van der Waals surface area contributed by atoms with Gasteiger partial charge in [-0.3, -0.25) is 9.59 Å². The van der Waals surface area contributed by atoms with Crippen LogP contribution >= 0.6 is 0 Å². The summed E-state index contributed by atoms with van der Waals surface area (Å²) in [5.74, 6) is 0.256. The molecule has 2 amide bonds. The number of unbranched alkanes of at least 4 members (excludes halogenated alkanes) is 1. The summed E-state index contributed by atoms with van der Waals surface area (Å²) in [6.07, 6.45) is 4.05. The van der Waals surface area contributed by atoms with Crippen LogP contribution in [0.5, 0.6) is 0 Å². The van der Waals surface area contributed by atoms with Crippen molar-refractivity contribution in [3.8, 4) is 0 Å². The van der Waals surface area contributed by atoms with Crippen molar-refractivity contribution in [3.63, 3.8) is 0 Å². The minimum absolute atomic E-state index is 0.00588. The summed E-state index contributed by atoms with van der Waals surface area (Å²) in [5.41, 5.74) is 0. The van der Waals surface area contributed by atoms with E-state index in [1.807, 2.05) is 20.8 Å². The van der Waals surface area contributed by atoms with Crippen molar-refractivity contribution in [1.29, 1.82) is 0 Å². The van der Waals surface area contributed by atoms with Gasteiger partial charge < -0.3 is 10.6 Å². The maximum absolute atomic E-state index is 11.8. The third kappa shape index (κ3) is 7.30. The fraction of sp³-hybridized carbons (Fsp3) is 0.857. The van der Waals surface area contributed by atoms with Crippen LogP contribution in [0.25, 0.3) is 0 Å². The van der Waals surface area contributed by atoms with E-state index in [-0.39, 0.29) is 23.7 Å². The quantitative estimate of drug-likeness (QED) is 0.621. The third-order valence-corrected chi connectivity index (χ3v) is 3.02. The molecule has 4 nitrogen and oxygen atoms in total. The standard InChI is InChI=1S/C14H28N2O2/c1-5-7-8-12(6-2)14(18)16-10-9-15-13(17)11(3)4/h11-12H,5-10H2,1-4H3,(H,15,17)(H,16,18). The first-order valence-corrected chi connectivity index (χ1v) is 7.08. The first kappa shape index (κ1) is 16.9. The minimum Gasteiger partial charge on any atom is -0.354 e. The summed E-state index contributed by atoms with van der Waals surface area (Å²) >= 11 is 0. The van der Waals surface area contributed by atoms with Crippen LogP contribution in [0.15, 0.2) is 0 Å². The molecule has 0 aliphatic carbocycles. The molecule has 0 aromatic rings. The molecule has 0 spiro atoms. The molecule has 0 aliphatic heterocycles. The predicted octanol–water partition coefficient (Wildman–Crippen LogP) is 2.09. The van der Waals surface area contributed by atoms with Crippen molar-refractivity contribution < 1.29 is 9.59 Å². The Morgan fingerprint density at radius 1 is 1.00 bits per heavy atom. The summed E-state index contributed by atoms with van der Waals surface area (Å²) in [7, 11) is 0. The largest absolute Gasteiger partial charge is 0.354 e. The van der Waals surface area contributed by atoms with E-state index in [1.54, 1.807) is 0 Å². The van der Waals surface area contributed by atoms with Crippen LogP contribution in [0.2, 0.25) is 0 Å². The number of carbonyl (C=O) groups excluding carboxylic acids is 2. The average Bonchev–Trinajstić information content (AvgIpc) is 2.35. The van der Waals surface area contributed by atoms with Gasteiger partial charge in [0.2, 0.25) is 11.8 Å². The normalized spacial score (nSPS) is 12.3. The number of hydrogen-bond donors (Lipinski definition) is 2. The zero-order valence-electron chi connectivity index (χ0n) is 12.2. The van der Waals surface area contributed by atoms with Crippen molar-refractivity contribution in [3.05, 3.63) is 0 Å². The van der Waals surface area contributed by atoms with Gasteiger partial charge in [-0.1, -0.05) is 40.5 Å². The van der Waals surface area contributed by atoms with Gasteiger partial charge in [0, 0.05) is 24.9 Å². The minimum atomic E-state index is -0.00588. The molecule has 0 radical (unpaired) electrons. The zero-order valence-corrected chi connectivity index (χ0v) is 12.2. The highest BCUT2D eigenvalue weighted by Gasteiger charge is 2.15. The lowest BCUT2D eigenvalue weighted by atomic mass is 9.98. The molecular formula is C14H28N2O2. The van der Waals surface area contributed by atoms with Crippen molar-refractivity contribution in [1.82, 2.24) is 10.6 Å². The Hall–Kier alpha value is -1.06. The second-order valence-corrected chi connectivity index (χ2v) is 4.98. The maximum atomic E-state index is 11.8. The molecule has 0 aliphatic rings. The number of amides is 2. The molecule has 0 rings (SSSR count). The maximum Gasteiger partial charge on any atom is 0.223 e. The Morgan fingerprint density at radius 3 is 2.00 bits per heavy atom. The molecule has 0 aromatic heterocycles. The lowest BCUT2D eigenvalue weighted by Gasteiger charge is -2.15. The summed E-state index contributed by atoms with van der Waals surface area (Å²) in [4.78, 5) is 23.1. The summed E-state index contributed by atoms with van der Waals surface area (Å²) < 4.78 is 0. The fourth-order valence-electron chi connectivity index (χ4n) is 1.69. The van der Waals surface area contributed by atoms with Gasteiger partial charge in [0.1, 0.15) is 0 Å². The summed E-state index contributed by atoms with van der Waals surface area (Å²) in [6.45, 7) is 8.90. The van der Waals surface area contributed by atoms with Crippen molar-refractivity contribution in [2.75, 3.05) is 13.1 Å². The Kier molecular flexibility index (Phi) is 9.33. The highest BCUT2D eigenvalue weighted by Crippen LogP contribution is 2.12. The topological polar surface area (TPSA) is 58.2 Å². The molecular weight excluding hydrogens is 228 g/mol. The zero-order chi connectivity index (χ0) is 14.0. The van der Waals surface area contributed by atoms with E-state index in [0.717, 1.165) is 25.7 Å². The highest BCUT2D eigenvalue weighted by molar-refractivity contribution is 5.79. The molecule has 1 atom stereocenters. The molecule has 0 saturated carbocycles. The average molecular weight is 256 g/mol. The molecule has 0 saturated heterocycles. The van der Waals surface area contributed by atoms with Crippen LogP contribution in [0.4, 0.5) is 0 Å².